The maximum atomic E-state index is 13.7. The molecule has 2 amide bonds. The van der Waals surface area contributed by atoms with Crippen molar-refractivity contribution < 1.29 is 9.59 Å². The van der Waals surface area contributed by atoms with E-state index in [-0.39, 0.29) is 17.9 Å². The van der Waals surface area contributed by atoms with Gasteiger partial charge in [-0.1, -0.05) is 47.5 Å². The van der Waals surface area contributed by atoms with Gasteiger partial charge in [0.05, 0.1) is 17.3 Å². The van der Waals surface area contributed by atoms with Gasteiger partial charge in [0.15, 0.2) is 0 Å². The lowest BCUT2D eigenvalue weighted by atomic mass is 9.99. The number of hydrogen-bond acceptors (Lipinski definition) is 2. The monoisotopic (exact) mass is 550 g/mol. The van der Waals surface area contributed by atoms with Crippen LogP contribution >= 0.6 is 45.8 Å². The molecule has 0 aromatic heterocycles. The van der Waals surface area contributed by atoms with Gasteiger partial charge in [-0.05, 0) is 83.1 Å². The Bertz CT molecular complexity index is 1120. The largest absolute Gasteiger partial charge is 0.323 e. The number of benzene rings is 3. The molecule has 1 N–H and O–H groups in total. The highest BCUT2D eigenvalue weighted by atomic mass is 127. The van der Waals surface area contributed by atoms with Crippen LogP contribution in [0.1, 0.15) is 40.5 Å². The van der Waals surface area contributed by atoms with Gasteiger partial charge in [0.2, 0.25) is 0 Å². The van der Waals surface area contributed by atoms with Crippen LogP contribution in [0.4, 0.5) is 5.69 Å². The third-order valence-corrected chi connectivity index (χ3v) is 6.36. The first-order valence-corrected chi connectivity index (χ1v) is 11.1. The number of rotatable bonds is 3. The normalized spacial score (nSPS) is 17.2. The summed E-state index contributed by atoms with van der Waals surface area (Å²) < 4.78 is 0.915. The molecule has 0 saturated carbocycles. The molecule has 0 aliphatic carbocycles. The zero-order valence-corrected chi connectivity index (χ0v) is 19.6. The van der Waals surface area contributed by atoms with Crippen LogP contribution in [0.15, 0.2) is 66.7 Å². The van der Waals surface area contributed by atoms with Crippen LogP contribution in [0.25, 0.3) is 0 Å². The van der Waals surface area contributed by atoms with Crippen LogP contribution in [0, 0.1) is 3.57 Å². The quantitative estimate of drug-likeness (QED) is 0.379. The average Bonchev–Trinajstić information content (AvgIpc) is 2.83. The summed E-state index contributed by atoms with van der Waals surface area (Å²) in [5.41, 5.74) is 2.55. The molecule has 30 heavy (non-hydrogen) atoms. The summed E-state index contributed by atoms with van der Waals surface area (Å²) in [6.45, 7) is 1.91. The smallest absolute Gasteiger partial charge is 0.257 e. The van der Waals surface area contributed by atoms with E-state index < -0.39 is 6.04 Å². The Labute approximate surface area is 198 Å². The van der Waals surface area contributed by atoms with Crippen molar-refractivity contribution in [1.82, 2.24) is 4.90 Å². The van der Waals surface area contributed by atoms with Gasteiger partial charge in [-0.25, -0.2) is 0 Å². The molecule has 4 rings (SSSR count). The third-order valence-electron chi connectivity index (χ3n) is 5.19. The molecule has 3 aromatic carbocycles. The van der Waals surface area contributed by atoms with Crippen LogP contribution < -0.4 is 5.32 Å². The van der Waals surface area contributed by atoms with Gasteiger partial charge in [-0.15, -0.1) is 0 Å². The van der Waals surface area contributed by atoms with E-state index in [1.807, 2.05) is 25.1 Å². The summed E-state index contributed by atoms with van der Waals surface area (Å²) in [6, 6.07) is 18.6. The molecule has 152 valence electrons. The highest BCUT2D eigenvalue weighted by molar-refractivity contribution is 14.1. The lowest BCUT2D eigenvalue weighted by Gasteiger charge is -2.34. The maximum absolute atomic E-state index is 13.7. The first-order chi connectivity index (χ1) is 14.3. The molecular weight excluding hydrogens is 534 g/mol. The number of halogens is 3. The van der Waals surface area contributed by atoms with Gasteiger partial charge in [0, 0.05) is 13.6 Å². The van der Waals surface area contributed by atoms with E-state index in [1.165, 1.54) is 0 Å². The van der Waals surface area contributed by atoms with Crippen molar-refractivity contribution in [3.63, 3.8) is 0 Å². The van der Waals surface area contributed by atoms with Crippen LogP contribution in [-0.2, 0) is 4.79 Å². The molecule has 0 radical (unpaired) electrons. The van der Waals surface area contributed by atoms with E-state index in [9.17, 15) is 9.59 Å². The number of carbonyl (C=O) groups is 2. The van der Waals surface area contributed by atoms with Crippen molar-refractivity contribution in [3.05, 3.63) is 97.0 Å². The van der Waals surface area contributed by atoms with Gasteiger partial charge >= 0.3 is 0 Å². The number of fused-ring (bicyclic) bond motifs is 1. The Hall–Kier alpha value is -2.09. The summed E-state index contributed by atoms with van der Waals surface area (Å²) in [7, 11) is 0. The molecule has 0 spiro atoms. The lowest BCUT2D eigenvalue weighted by molar-refractivity contribution is -0.121. The summed E-state index contributed by atoms with van der Waals surface area (Å²) in [5, 5.41) is 4.11. The highest BCUT2D eigenvalue weighted by Crippen LogP contribution is 2.38. The minimum Gasteiger partial charge on any atom is -0.323 e. The number of hydrogen-bond donors (Lipinski definition) is 1. The summed E-state index contributed by atoms with van der Waals surface area (Å²) in [4.78, 5) is 28.7. The zero-order chi connectivity index (χ0) is 21.4. The molecule has 0 saturated heterocycles. The lowest BCUT2D eigenvalue weighted by Crippen LogP contribution is -2.40. The second-order valence-electron chi connectivity index (χ2n) is 7.07. The maximum Gasteiger partial charge on any atom is 0.257 e. The Morgan fingerprint density at radius 2 is 1.53 bits per heavy atom. The second-order valence-corrected chi connectivity index (χ2v) is 9.19. The van der Waals surface area contributed by atoms with Gasteiger partial charge in [-0.2, -0.15) is 0 Å². The minimum atomic E-state index is -0.814. The fourth-order valence-corrected chi connectivity index (χ4v) is 4.39. The van der Waals surface area contributed by atoms with E-state index in [1.54, 1.807) is 53.4 Å². The van der Waals surface area contributed by atoms with Gasteiger partial charge in [0.1, 0.15) is 6.04 Å². The van der Waals surface area contributed by atoms with E-state index in [0.717, 1.165) is 9.13 Å². The summed E-state index contributed by atoms with van der Waals surface area (Å²) in [5.74, 6) is -0.490. The molecule has 1 aliphatic heterocycles. The molecule has 0 bridgehead atoms. The van der Waals surface area contributed by atoms with Crippen molar-refractivity contribution >= 4 is 63.3 Å². The highest BCUT2D eigenvalue weighted by Gasteiger charge is 2.39. The Morgan fingerprint density at radius 3 is 2.17 bits per heavy atom. The predicted molar refractivity (Wildman–Crippen MR) is 128 cm³/mol. The van der Waals surface area contributed by atoms with E-state index >= 15 is 0 Å². The number of anilines is 1. The zero-order valence-electron chi connectivity index (χ0n) is 15.9. The molecule has 1 unspecified atom stereocenters. The van der Waals surface area contributed by atoms with Crippen LogP contribution in [0.5, 0.6) is 0 Å². The average molecular weight is 551 g/mol. The number of amides is 2. The Kier molecular flexibility index (Phi) is 6.04. The second kappa shape index (κ2) is 8.57. The first kappa shape index (κ1) is 21.2. The van der Waals surface area contributed by atoms with Crippen molar-refractivity contribution in [2.75, 3.05) is 5.32 Å². The van der Waals surface area contributed by atoms with Crippen molar-refractivity contribution in [1.29, 1.82) is 0 Å². The minimum absolute atomic E-state index is 0.218. The molecular formula is C23H17Cl2IN2O2. The number of nitrogens with one attached hydrogen (secondary N) is 1. The van der Waals surface area contributed by atoms with E-state index in [4.69, 9.17) is 23.2 Å². The SMILES string of the molecule is C[C@H](c1ccc(Cl)cc1)N1C(=O)c2cc(I)ccc2NC(=O)C1c1ccc(Cl)cc1. The molecule has 1 heterocycles. The van der Waals surface area contributed by atoms with Crippen LogP contribution in [0.3, 0.4) is 0 Å². The standard InChI is InChI=1S/C23H17Cl2IN2O2/c1-13(14-2-6-16(24)7-3-14)28-21(15-4-8-17(25)9-5-15)22(29)27-20-11-10-18(26)12-19(20)23(28)30/h2-13,21H,1H3,(H,27,29)/t13-,21?/m1/s1. The Balaban J connectivity index is 1.88. The van der Waals surface area contributed by atoms with Gasteiger partial charge < -0.3 is 10.2 Å². The van der Waals surface area contributed by atoms with Crippen molar-refractivity contribution in [2.24, 2.45) is 0 Å². The molecule has 3 aromatic rings. The fourth-order valence-electron chi connectivity index (χ4n) is 3.64. The third kappa shape index (κ3) is 4.06. The number of nitrogens with zero attached hydrogens (tertiary/aromatic N) is 1. The number of carbonyl (C=O) groups excluding carboxylic acids is 2. The molecule has 2 atom stereocenters. The first-order valence-electron chi connectivity index (χ1n) is 9.29. The predicted octanol–water partition coefficient (Wildman–Crippen LogP) is 6.49. The molecule has 7 heteroatoms. The summed E-state index contributed by atoms with van der Waals surface area (Å²) >= 11 is 14.3. The van der Waals surface area contributed by atoms with Crippen LogP contribution in [0.2, 0.25) is 10.0 Å². The van der Waals surface area contributed by atoms with Gasteiger partial charge in [0.25, 0.3) is 11.8 Å². The summed E-state index contributed by atoms with van der Waals surface area (Å²) in [6.07, 6.45) is 0. The van der Waals surface area contributed by atoms with E-state index in [0.29, 0.717) is 26.9 Å². The molecule has 1 aliphatic rings. The van der Waals surface area contributed by atoms with Crippen molar-refractivity contribution in [2.45, 2.75) is 19.0 Å². The Morgan fingerprint density at radius 1 is 0.933 bits per heavy atom. The van der Waals surface area contributed by atoms with E-state index in [2.05, 4.69) is 27.9 Å². The van der Waals surface area contributed by atoms with Crippen molar-refractivity contribution in [3.8, 4) is 0 Å². The molecule has 4 nitrogen and oxygen atoms in total. The van der Waals surface area contributed by atoms with Gasteiger partial charge in [-0.3, -0.25) is 9.59 Å². The van der Waals surface area contributed by atoms with Crippen LogP contribution in [-0.4, -0.2) is 16.7 Å². The molecule has 0 fully saturated rings. The fraction of sp³-hybridized carbons (Fsp3) is 0.130. The topological polar surface area (TPSA) is 49.4 Å².